The number of halogens is 3. The van der Waals surface area contributed by atoms with Crippen molar-refractivity contribution >= 4 is 0 Å². The van der Waals surface area contributed by atoms with Crippen LogP contribution in [0.3, 0.4) is 0 Å². The van der Waals surface area contributed by atoms with Crippen LogP contribution in [0.1, 0.15) is 73.3 Å². The van der Waals surface area contributed by atoms with Crippen LogP contribution in [0.2, 0.25) is 0 Å². The first kappa shape index (κ1) is 22.1. The first-order chi connectivity index (χ1) is 15.7. The smallest absolute Gasteiger partial charge is 0.416 e. The third-order valence-corrected chi connectivity index (χ3v) is 7.04. The third-order valence-electron chi connectivity index (χ3n) is 7.04. The van der Waals surface area contributed by atoms with Gasteiger partial charge in [-0.1, -0.05) is 37.8 Å². The lowest BCUT2D eigenvalue weighted by Crippen LogP contribution is -2.32. The first-order valence-electron chi connectivity index (χ1n) is 11.6. The molecule has 7 heteroatoms. The van der Waals surface area contributed by atoms with Gasteiger partial charge in [-0.25, -0.2) is 4.79 Å². The van der Waals surface area contributed by atoms with Gasteiger partial charge in [-0.15, -0.1) is 0 Å². The molecule has 1 N–H and O–H groups in total. The van der Waals surface area contributed by atoms with E-state index in [2.05, 4.69) is 0 Å². The Morgan fingerprint density at radius 1 is 1.09 bits per heavy atom. The van der Waals surface area contributed by atoms with Crippen molar-refractivity contribution < 1.29 is 27.4 Å². The standard InChI is InChI=1S/C26H27F3O4/c27-26(28,29)20-8-6-17(7-9-20)13-19(12-16-2-3-16)22-14-21(30)23(24(31)33-22)25(10-1-11-32-25)15-18-4-5-18/h1,6-9,11,14,16,18-19,30H,2-5,10,12-13,15H2. The Hall–Kier alpha value is -2.70. The van der Waals surface area contributed by atoms with E-state index in [1.807, 2.05) is 6.08 Å². The van der Waals surface area contributed by atoms with Gasteiger partial charge in [0.05, 0.1) is 11.8 Å². The zero-order chi connectivity index (χ0) is 23.2. The van der Waals surface area contributed by atoms with E-state index < -0.39 is 23.0 Å². The highest BCUT2D eigenvalue weighted by Crippen LogP contribution is 2.49. The number of hydrogen-bond acceptors (Lipinski definition) is 4. The van der Waals surface area contributed by atoms with Crippen molar-refractivity contribution in [2.45, 2.75) is 69.1 Å². The van der Waals surface area contributed by atoms with Crippen LogP contribution < -0.4 is 5.63 Å². The van der Waals surface area contributed by atoms with E-state index in [1.165, 1.54) is 18.2 Å². The van der Waals surface area contributed by atoms with Crippen molar-refractivity contribution in [3.05, 3.63) is 75.5 Å². The van der Waals surface area contributed by atoms with Gasteiger partial charge in [0.1, 0.15) is 22.7 Å². The number of aromatic hydroxyl groups is 1. The Morgan fingerprint density at radius 2 is 1.79 bits per heavy atom. The zero-order valence-corrected chi connectivity index (χ0v) is 18.2. The van der Waals surface area contributed by atoms with Crippen LogP contribution in [0, 0.1) is 11.8 Å². The molecular weight excluding hydrogens is 433 g/mol. The minimum Gasteiger partial charge on any atom is -0.507 e. The van der Waals surface area contributed by atoms with Crippen molar-refractivity contribution in [3.8, 4) is 5.75 Å². The fourth-order valence-electron chi connectivity index (χ4n) is 4.94. The Labute approximate surface area is 190 Å². The van der Waals surface area contributed by atoms with Crippen LogP contribution >= 0.6 is 0 Å². The summed E-state index contributed by atoms with van der Waals surface area (Å²) >= 11 is 0. The molecule has 2 unspecified atom stereocenters. The molecule has 2 aliphatic carbocycles. The van der Waals surface area contributed by atoms with Crippen LogP contribution in [0.5, 0.6) is 5.75 Å². The molecule has 0 bridgehead atoms. The highest BCUT2D eigenvalue weighted by atomic mass is 19.4. The monoisotopic (exact) mass is 460 g/mol. The van der Waals surface area contributed by atoms with Gasteiger partial charge in [0.2, 0.25) is 0 Å². The van der Waals surface area contributed by atoms with Gasteiger partial charge in [-0.2, -0.15) is 13.2 Å². The fraction of sp³-hybridized carbons (Fsp3) is 0.500. The summed E-state index contributed by atoms with van der Waals surface area (Å²) in [6.45, 7) is 0. The summed E-state index contributed by atoms with van der Waals surface area (Å²) in [5, 5.41) is 10.9. The molecule has 2 heterocycles. The van der Waals surface area contributed by atoms with E-state index in [0.29, 0.717) is 36.9 Å². The molecule has 1 aromatic heterocycles. The molecule has 4 nitrogen and oxygen atoms in total. The number of alkyl halides is 3. The molecule has 2 saturated carbocycles. The Kier molecular flexibility index (Phi) is 5.53. The third kappa shape index (κ3) is 4.82. The Bertz CT molecular complexity index is 1080. The normalized spacial score (nSPS) is 23.5. The molecule has 3 aliphatic rings. The summed E-state index contributed by atoms with van der Waals surface area (Å²) in [5.41, 5.74) is -1.27. The second-order valence-corrected chi connectivity index (χ2v) is 9.81. The Balaban J connectivity index is 1.43. The zero-order valence-electron chi connectivity index (χ0n) is 18.2. The number of benzene rings is 1. The molecule has 1 aliphatic heterocycles. The Morgan fingerprint density at radius 3 is 2.33 bits per heavy atom. The average Bonchev–Trinajstić information content (AvgIpc) is 3.68. The van der Waals surface area contributed by atoms with Gasteiger partial charge >= 0.3 is 11.8 Å². The van der Waals surface area contributed by atoms with Crippen LogP contribution in [0.25, 0.3) is 0 Å². The molecule has 1 aromatic carbocycles. The molecule has 0 radical (unpaired) electrons. The summed E-state index contributed by atoms with van der Waals surface area (Å²) in [7, 11) is 0. The molecule has 0 amide bonds. The van der Waals surface area contributed by atoms with Crippen LogP contribution in [-0.4, -0.2) is 5.11 Å². The van der Waals surface area contributed by atoms with Crippen LogP contribution in [0.4, 0.5) is 13.2 Å². The summed E-state index contributed by atoms with van der Waals surface area (Å²) in [5.74, 6) is 1.02. The molecule has 2 atom stereocenters. The predicted octanol–water partition coefficient (Wildman–Crippen LogP) is 6.42. The lowest BCUT2D eigenvalue weighted by Gasteiger charge is -2.29. The summed E-state index contributed by atoms with van der Waals surface area (Å²) in [6.07, 6.45) is 5.77. The minimum absolute atomic E-state index is 0.126. The molecule has 33 heavy (non-hydrogen) atoms. The van der Waals surface area contributed by atoms with E-state index in [0.717, 1.165) is 49.8 Å². The maximum Gasteiger partial charge on any atom is 0.416 e. The fourth-order valence-corrected chi connectivity index (χ4v) is 4.94. The van der Waals surface area contributed by atoms with Gasteiger partial charge < -0.3 is 14.3 Å². The number of hydrogen-bond donors (Lipinski definition) is 1. The predicted molar refractivity (Wildman–Crippen MR) is 116 cm³/mol. The highest BCUT2D eigenvalue weighted by Gasteiger charge is 2.45. The minimum atomic E-state index is -4.38. The first-order valence-corrected chi connectivity index (χ1v) is 11.6. The molecule has 2 fully saturated rings. The van der Waals surface area contributed by atoms with Gasteiger partial charge in [-0.05, 0) is 54.9 Å². The van der Waals surface area contributed by atoms with E-state index in [-0.39, 0.29) is 17.2 Å². The molecule has 0 spiro atoms. The second-order valence-electron chi connectivity index (χ2n) is 9.81. The van der Waals surface area contributed by atoms with Crippen molar-refractivity contribution in [1.82, 2.24) is 0 Å². The molecular formula is C26H27F3O4. The van der Waals surface area contributed by atoms with Crippen molar-refractivity contribution in [3.63, 3.8) is 0 Å². The van der Waals surface area contributed by atoms with Gasteiger partial charge in [0.15, 0.2) is 0 Å². The lowest BCUT2D eigenvalue weighted by molar-refractivity contribution is -0.137. The maximum absolute atomic E-state index is 13.1. The van der Waals surface area contributed by atoms with Crippen LogP contribution in [0.15, 0.2) is 51.9 Å². The van der Waals surface area contributed by atoms with E-state index >= 15 is 0 Å². The summed E-state index contributed by atoms with van der Waals surface area (Å²) in [6, 6.07) is 6.61. The summed E-state index contributed by atoms with van der Waals surface area (Å²) in [4.78, 5) is 13.1. The topological polar surface area (TPSA) is 59.7 Å². The second kappa shape index (κ2) is 8.26. The molecule has 0 saturated heterocycles. The molecule has 2 aromatic rings. The quantitative estimate of drug-likeness (QED) is 0.494. The van der Waals surface area contributed by atoms with E-state index in [1.54, 1.807) is 6.26 Å². The maximum atomic E-state index is 13.1. The van der Waals surface area contributed by atoms with Crippen molar-refractivity contribution in [2.24, 2.45) is 11.8 Å². The van der Waals surface area contributed by atoms with Gasteiger partial charge in [0, 0.05) is 18.4 Å². The number of ether oxygens (including phenoxy) is 1. The SMILES string of the molecule is O=c1oc(C(Cc2ccc(C(F)(F)F)cc2)CC2CC2)cc(O)c1C1(CC2CC2)CC=CO1. The largest absolute Gasteiger partial charge is 0.507 e. The van der Waals surface area contributed by atoms with Gasteiger partial charge in [0.25, 0.3) is 0 Å². The van der Waals surface area contributed by atoms with Crippen molar-refractivity contribution in [1.29, 1.82) is 0 Å². The van der Waals surface area contributed by atoms with E-state index in [4.69, 9.17) is 9.15 Å². The van der Waals surface area contributed by atoms with Crippen molar-refractivity contribution in [2.75, 3.05) is 0 Å². The average molecular weight is 460 g/mol. The molecule has 176 valence electrons. The summed E-state index contributed by atoms with van der Waals surface area (Å²) < 4.78 is 50.3. The van der Waals surface area contributed by atoms with Crippen LogP contribution in [-0.2, 0) is 22.9 Å². The lowest BCUT2D eigenvalue weighted by atomic mass is 9.85. The van der Waals surface area contributed by atoms with E-state index in [9.17, 15) is 23.1 Å². The highest BCUT2D eigenvalue weighted by molar-refractivity contribution is 5.38. The molecule has 5 rings (SSSR count). The number of rotatable bonds is 8. The van der Waals surface area contributed by atoms with Gasteiger partial charge in [-0.3, -0.25) is 0 Å².